The number of aliphatic carboxylic acids is 1. The first kappa shape index (κ1) is 23.1. The third kappa shape index (κ3) is 6.21. The Balaban J connectivity index is 1.79. The molecule has 4 heteroatoms. The van der Waals surface area contributed by atoms with E-state index in [1.165, 1.54) is 16.8 Å². The van der Waals surface area contributed by atoms with Crippen LogP contribution in [0.15, 0.2) is 72.8 Å². The molecule has 0 spiro atoms. The van der Waals surface area contributed by atoms with Crippen LogP contribution in [-0.2, 0) is 4.79 Å². The average Bonchev–Trinajstić information content (AvgIpc) is 2.81. The average molecular weight is 427 g/mol. The van der Waals surface area contributed by atoms with Crippen molar-refractivity contribution >= 4 is 11.7 Å². The van der Waals surface area contributed by atoms with Crippen molar-refractivity contribution in [1.29, 1.82) is 5.26 Å². The van der Waals surface area contributed by atoms with Crippen LogP contribution in [-0.4, -0.2) is 25.2 Å². The van der Waals surface area contributed by atoms with Crippen molar-refractivity contribution in [2.75, 3.05) is 19.0 Å². The van der Waals surface area contributed by atoms with Crippen molar-refractivity contribution in [3.8, 4) is 17.2 Å². The van der Waals surface area contributed by atoms with Crippen LogP contribution in [0.5, 0.6) is 0 Å². The van der Waals surface area contributed by atoms with Gasteiger partial charge in [-0.05, 0) is 59.4 Å². The van der Waals surface area contributed by atoms with Gasteiger partial charge in [-0.3, -0.25) is 4.79 Å². The van der Waals surface area contributed by atoms with Crippen LogP contribution in [0.4, 0.5) is 5.69 Å². The zero-order valence-electron chi connectivity index (χ0n) is 18.8. The number of carboxylic acids is 1. The molecule has 1 N–H and O–H groups in total. The number of anilines is 1. The number of nitrogens with zero attached hydrogens (tertiary/aromatic N) is 2. The predicted octanol–water partition coefficient (Wildman–Crippen LogP) is 6.46. The van der Waals surface area contributed by atoms with Gasteiger partial charge in [-0.25, -0.2) is 0 Å². The van der Waals surface area contributed by atoms with Crippen molar-refractivity contribution in [1.82, 2.24) is 0 Å². The second-order valence-electron chi connectivity index (χ2n) is 8.34. The number of rotatable bonds is 10. The summed E-state index contributed by atoms with van der Waals surface area (Å²) in [5, 5.41) is 17.9. The molecule has 0 heterocycles. The summed E-state index contributed by atoms with van der Waals surface area (Å²) in [7, 11) is 4.08. The lowest BCUT2D eigenvalue weighted by molar-refractivity contribution is -0.137. The Kier molecular flexibility index (Phi) is 8.05. The van der Waals surface area contributed by atoms with Crippen LogP contribution in [0.2, 0.25) is 0 Å². The topological polar surface area (TPSA) is 64.3 Å². The summed E-state index contributed by atoms with van der Waals surface area (Å²) in [5.41, 5.74) is 6.59. The van der Waals surface area contributed by atoms with Gasteiger partial charge in [0.15, 0.2) is 0 Å². The molecule has 0 aliphatic heterocycles. The van der Waals surface area contributed by atoms with Crippen LogP contribution in [0, 0.1) is 11.3 Å². The number of hydrogen-bond acceptors (Lipinski definition) is 3. The van der Waals surface area contributed by atoms with Gasteiger partial charge in [-0.2, -0.15) is 5.26 Å². The van der Waals surface area contributed by atoms with E-state index in [1.54, 1.807) is 0 Å². The number of benzene rings is 3. The minimum atomic E-state index is -0.723. The number of hydrogen-bond donors (Lipinski definition) is 1. The summed E-state index contributed by atoms with van der Waals surface area (Å²) in [6.45, 7) is 0. The van der Waals surface area contributed by atoms with E-state index in [1.807, 2.05) is 38.4 Å². The maximum Gasteiger partial charge on any atom is 0.303 e. The monoisotopic (exact) mass is 426 g/mol. The summed E-state index contributed by atoms with van der Waals surface area (Å²) in [6.07, 6.45) is 3.85. The molecule has 0 unspecified atom stereocenters. The number of carbonyl (C=O) groups is 1. The second-order valence-corrected chi connectivity index (χ2v) is 8.34. The van der Waals surface area contributed by atoms with Crippen LogP contribution < -0.4 is 4.90 Å². The molecule has 0 saturated carbocycles. The van der Waals surface area contributed by atoms with Crippen LogP contribution >= 0.6 is 0 Å². The van der Waals surface area contributed by atoms with Gasteiger partial charge in [-0.15, -0.1) is 0 Å². The summed E-state index contributed by atoms with van der Waals surface area (Å²) >= 11 is 0. The molecule has 164 valence electrons. The molecule has 1 atom stereocenters. The highest BCUT2D eigenvalue weighted by Crippen LogP contribution is 2.33. The maximum absolute atomic E-state index is 10.8. The van der Waals surface area contributed by atoms with Crippen LogP contribution in [0.1, 0.15) is 54.7 Å². The highest BCUT2D eigenvalue weighted by molar-refractivity contribution is 5.66. The normalized spacial score (nSPS) is 11.5. The smallest absolute Gasteiger partial charge is 0.303 e. The third-order valence-electron chi connectivity index (χ3n) is 5.86. The molecule has 0 bridgehead atoms. The lowest BCUT2D eigenvalue weighted by Gasteiger charge is -2.20. The van der Waals surface area contributed by atoms with Crippen molar-refractivity contribution < 1.29 is 9.90 Å². The van der Waals surface area contributed by atoms with Crippen molar-refractivity contribution in [3.05, 3.63) is 89.5 Å². The van der Waals surface area contributed by atoms with Gasteiger partial charge < -0.3 is 10.0 Å². The van der Waals surface area contributed by atoms with Gasteiger partial charge in [0.1, 0.15) is 0 Å². The summed E-state index contributed by atoms with van der Waals surface area (Å²) in [4.78, 5) is 12.9. The van der Waals surface area contributed by atoms with Gasteiger partial charge in [0.25, 0.3) is 0 Å². The molecule has 0 radical (unpaired) electrons. The maximum atomic E-state index is 10.8. The Bertz CT molecular complexity index is 1050. The zero-order valence-corrected chi connectivity index (χ0v) is 18.8. The van der Waals surface area contributed by atoms with Gasteiger partial charge >= 0.3 is 5.97 Å². The molecular weight excluding hydrogens is 396 g/mol. The van der Waals surface area contributed by atoms with E-state index in [0.717, 1.165) is 36.8 Å². The van der Waals surface area contributed by atoms with Crippen molar-refractivity contribution in [2.24, 2.45) is 0 Å². The van der Waals surface area contributed by atoms with Crippen molar-refractivity contribution in [3.63, 3.8) is 0 Å². The molecular formula is C28H30N2O2. The van der Waals surface area contributed by atoms with Crippen LogP contribution in [0.25, 0.3) is 11.1 Å². The molecule has 0 aliphatic rings. The molecule has 32 heavy (non-hydrogen) atoms. The van der Waals surface area contributed by atoms with E-state index in [0.29, 0.717) is 5.56 Å². The molecule has 0 amide bonds. The fraction of sp³-hybridized carbons (Fsp3) is 0.286. The molecule has 3 aromatic rings. The molecule has 0 saturated heterocycles. The van der Waals surface area contributed by atoms with E-state index >= 15 is 0 Å². The Labute approximate surface area is 190 Å². The molecule has 0 fully saturated rings. The SMILES string of the molecule is CN(C)c1ccc([C@@H](CCCCCC(=O)O)c2ccc(-c3ccc(C#N)cc3)cc2)cc1. The Morgan fingerprint density at radius 2 is 1.38 bits per heavy atom. The Morgan fingerprint density at radius 3 is 1.88 bits per heavy atom. The highest BCUT2D eigenvalue weighted by atomic mass is 16.4. The number of nitriles is 1. The minimum absolute atomic E-state index is 0.238. The first-order valence-corrected chi connectivity index (χ1v) is 11.1. The van der Waals surface area contributed by atoms with Gasteiger partial charge in [0.05, 0.1) is 11.6 Å². The first-order valence-electron chi connectivity index (χ1n) is 11.1. The van der Waals surface area contributed by atoms with E-state index in [2.05, 4.69) is 59.5 Å². The fourth-order valence-corrected chi connectivity index (χ4v) is 3.98. The fourth-order valence-electron chi connectivity index (χ4n) is 3.98. The van der Waals surface area contributed by atoms with E-state index in [-0.39, 0.29) is 12.3 Å². The molecule has 3 rings (SSSR count). The lowest BCUT2D eigenvalue weighted by atomic mass is 9.86. The Hall–Kier alpha value is -3.58. The lowest BCUT2D eigenvalue weighted by Crippen LogP contribution is -2.09. The number of carboxylic acid groups (broad SMARTS) is 1. The second kappa shape index (κ2) is 11.2. The quantitative estimate of drug-likeness (QED) is 0.378. The standard InChI is InChI=1S/C28H30N2O2/c1-30(2)26-18-16-25(17-19-26)27(6-4-3-5-7-28(31)32)24-14-12-23(13-15-24)22-10-8-21(20-29)9-11-22/h8-19,27H,3-7H2,1-2H3,(H,31,32)/t27-/m0/s1. The van der Waals surface area contributed by atoms with Gasteiger partial charge in [0, 0.05) is 32.1 Å². The molecule has 3 aromatic carbocycles. The van der Waals surface area contributed by atoms with Crippen molar-refractivity contribution in [2.45, 2.75) is 38.0 Å². The molecule has 4 nitrogen and oxygen atoms in total. The minimum Gasteiger partial charge on any atom is -0.481 e. The number of unbranched alkanes of at least 4 members (excludes halogenated alkanes) is 2. The van der Waals surface area contributed by atoms with Gasteiger partial charge in [-0.1, -0.05) is 61.4 Å². The van der Waals surface area contributed by atoms with E-state index in [4.69, 9.17) is 10.4 Å². The predicted molar refractivity (Wildman–Crippen MR) is 130 cm³/mol. The van der Waals surface area contributed by atoms with E-state index in [9.17, 15) is 4.79 Å². The first-order chi connectivity index (χ1) is 15.5. The summed E-state index contributed by atoms with van der Waals surface area (Å²) in [5.74, 6) is -0.453. The van der Waals surface area contributed by atoms with Crippen LogP contribution in [0.3, 0.4) is 0 Å². The largest absolute Gasteiger partial charge is 0.481 e. The summed E-state index contributed by atoms with van der Waals surface area (Å²) < 4.78 is 0. The highest BCUT2D eigenvalue weighted by Gasteiger charge is 2.15. The molecule has 0 aromatic heterocycles. The summed E-state index contributed by atoms with van der Waals surface area (Å²) in [6, 6.07) is 27.2. The molecule has 0 aliphatic carbocycles. The zero-order chi connectivity index (χ0) is 22.9. The Morgan fingerprint density at radius 1 is 0.844 bits per heavy atom. The van der Waals surface area contributed by atoms with E-state index < -0.39 is 5.97 Å². The third-order valence-corrected chi connectivity index (χ3v) is 5.86. The van der Waals surface area contributed by atoms with Gasteiger partial charge in [0.2, 0.25) is 0 Å².